The van der Waals surface area contributed by atoms with E-state index in [0.717, 1.165) is 29.8 Å². The molecule has 0 aliphatic carbocycles. The summed E-state index contributed by atoms with van der Waals surface area (Å²) < 4.78 is 26.6. The van der Waals surface area contributed by atoms with Crippen molar-refractivity contribution < 1.29 is 13.2 Å². The van der Waals surface area contributed by atoms with Gasteiger partial charge in [0, 0.05) is 23.7 Å². The first-order valence-corrected chi connectivity index (χ1v) is 12.5. The van der Waals surface area contributed by atoms with E-state index >= 15 is 0 Å². The number of aryl methyl sites for hydroxylation is 1. The highest BCUT2D eigenvalue weighted by molar-refractivity contribution is 8.00. The lowest BCUT2D eigenvalue weighted by molar-refractivity contribution is -0.113. The Hall–Kier alpha value is -1.83. The topological polar surface area (TPSA) is 66.5 Å². The second-order valence-electron chi connectivity index (χ2n) is 7.22. The van der Waals surface area contributed by atoms with Gasteiger partial charge in [-0.25, -0.2) is 8.42 Å². The minimum atomic E-state index is -3.39. The normalized spacial score (nSPS) is 14.8. The van der Waals surface area contributed by atoms with Gasteiger partial charge in [0.25, 0.3) is 0 Å². The molecular formula is C22H28N2O3S2. The Kier molecular flexibility index (Phi) is 7.75. The molecule has 2 aromatic carbocycles. The van der Waals surface area contributed by atoms with Crippen molar-refractivity contribution in [3.05, 3.63) is 54.1 Å². The van der Waals surface area contributed by atoms with E-state index in [-0.39, 0.29) is 11.7 Å². The number of carbonyl (C=O) groups excluding carboxylic acids is 1. The molecule has 3 rings (SSSR count). The number of carbonyl (C=O) groups is 1. The van der Waals surface area contributed by atoms with Gasteiger partial charge in [0.05, 0.1) is 10.6 Å². The smallest absolute Gasteiger partial charge is 0.243 e. The molecule has 0 aromatic heterocycles. The summed E-state index contributed by atoms with van der Waals surface area (Å²) in [6.45, 7) is 3.36. The second-order valence-corrected chi connectivity index (χ2v) is 10.2. The molecule has 7 heteroatoms. The molecule has 1 N–H and O–H groups in total. The molecule has 1 fully saturated rings. The molecule has 0 bridgehead atoms. The van der Waals surface area contributed by atoms with Crippen LogP contribution in [0.2, 0.25) is 0 Å². The lowest BCUT2D eigenvalue weighted by atomic mass is 10.1. The SMILES string of the molecule is CCCCc1ccc(NC(=O)CSc2ccc(S(=O)(=O)N3CCCC3)cc2)cc1. The summed E-state index contributed by atoms with van der Waals surface area (Å²) in [5, 5.41) is 2.91. The van der Waals surface area contributed by atoms with Crippen molar-refractivity contribution in [2.75, 3.05) is 24.2 Å². The van der Waals surface area contributed by atoms with Gasteiger partial charge in [0.15, 0.2) is 0 Å². The van der Waals surface area contributed by atoms with Gasteiger partial charge in [0.2, 0.25) is 15.9 Å². The second kappa shape index (κ2) is 10.3. The van der Waals surface area contributed by atoms with Crippen LogP contribution < -0.4 is 5.32 Å². The molecular weight excluding hydrogens is 404 g/mol. The highest BCUT2D eigenvalue weighted by Gasteiger charge is 2.26. The first-order chi connectivity index (χ1) is 14.0. The maximum atomic E-state index is 12.6. The van der Waals surface area contributed by atoms with Crippen LogP contribution in [0, 0.1) is 0 Å². The van der Waals surface area contributed by atoms with Crippen molar-refractivity contribution in [2.24, 2.45) is 0 Å². The molecule has 1 heterocycles. The van der Waals surface area contributed by atoms with Gasteiger partial charge in [-0.1, -0.05) is 25.5 Å². The molecule has 1 aliphatic rings. The zero-order valence-corrected chi connectivity index (χ0v) is 18.4. The Labute approximate surface area is 177 Å². The summed E-state index contributed by atoms with van der Waals surface area (Å²) in [6.07, 6.45) is 5.24. The lowest BCUT2D eigenvalue weighted by Crippen LogP contribution is -2.27. The number of sulfonamides is 1. The number of anilines is 1. The Morgan fingerprint density at radius 1 is 1.03 bits per heavy atom. The number of amides is 1. The molecule has 0 spiro atoms. The van der Waals surface area contributed by atoms with Crippen LogP contribution in [0.1, 0.15) is 38.2 Å². The molecule has 1 saturated heterocycles. The number of thioether (sulfide) groups is 1. The van der Waals surface area contributed by atoms with Crippen molar-refractivity contribution in [3.63, 3.8) is 0 Å². The van der Waals surface area contributed by atoms with Gasteiger partial charge in [0.1, 0.15) is 0 Å². The third kappa shape index (κ3) is 6.07. The third-order valence-electron chi connectivity index (χ3n) is 4.95. The molecule has 5 nitrogen and oxygen atoms in total. The zero-order chi connectivity index (χ0) is 20.7. The van der Waals surface area contributed by atoms with Crippen molar-refractivity contribution in [3.8, 4) is 0 Å². The van der Waals surface area contributed by atoms with E-state index in [0.29, 0.717) is 18.0 Å². The van der Waals surface area contributed by atoms with E-state index in [1.165, 1.54) is 34.5 Å². The van der Waals surface area contributed by atoms with E-state index in [1.807, 2.05) is 12.1 Å². The van der Waals surface area contributed by atoms with E-state index in [2.05, 4.69) is 24.4 Å². The van der Waals surface area contributed by atoms with Crippen LogP contribution in [0.3, 0.4) is 0 Å². The predicted octanol–water partition coefficient (Wildman–Crippen LogP) is 4.54. The van der Waals surface area contributed by atoms with Crippen molar-refractivity contribution in [1.29, 1.82) is 0 Å². The quantitative estimate of drug-likeness (QED) is 0.591. The summed E-state index contributed by atoms with van der Waals surface area (Å²) >= 11 is 1.39. The zero-order valence-electron chi connectivity index (χ0n) is 16.8. The van der Waals surface area contributed by atoms with E-state index < -0.39 is 10.0 Å². The average Bonchev–Trinajstić information content (AvgIpc) is 3.28. The summed E-state index contributed by atoms with van der Waals surface area (Å²) in [7, 11) is -3.39. The van der Waals surface area contributed by atoms with Crippen LogP contribution in [-0.2, 0) is 21.2 Å². The van der Waals surface area contributed by atoms with Crippen LogP contribution in [0.4, 0.5) is 5.69 Å². The largest absolute Gasteiger partial charge is 0.325 e. The molecule has 0 atom stereocenters. The third-order valence-corrected chi connectivity index (χ3v) is 7.88. The Balaban J connectivity index is 1.50. The summed E-state index contributed by atoms with van der Waals surface area (Å²) in [5.41, 5.74) is 2.08. The molecule has 0 radical (unpaired) electrons. The molecule has 2 aromatic rings. The fraction of sp³-hybridized carbons (Fsp3) is 0.409. The fourth-order valence-electron chi connectivity index (χ4n) is 3.27. The van der Waals surface area contributed by atoms with Crippen molar-refractivity contribution in [2.45, 2.75) is 48.8 Å². The number of hydrogen-bond donors (Lipinski definition) is 1. The minimum absolute atomic E-state index is 0.0786. The van der Waals surface area contributed by atoms with Crippen LogP contribution in [0.25, 0.3) is 0 Å². The lowest BCUT2D eigenvalue weighted by Gasteiger charge is -2.15. The van der Waals surface area contributed by atoms with Crippen LogP contribution >= 0.6 is 11.8 Å². The van der Waals surface area contributed by atoms with Crippen LogP contribution in [-0.4, -0.2) is 37.5 Å². The number of unbranched alkanes of at least 4 members (excludes halogenated alkanes) is 1. The summed E-state index contributed by atoms with van der Waals surface area (Å²) in [6, 6.07) is 14.8. The Morgan fingerprint density at radius 3 is 2.31 bits per heavy atom. The van der Waals surface area contributed by atoms with Crippen molar-refractivity contribution >= 4 is 33.4 Å². The fourth-order valence-corrected chi connectivity index (χ4v) is 5.48. The monoisotopic (exact) mass is 432 g/mol. The molecule has 1 amide bonds. The number of benzene rings is 2. The first kappa shape index (κ1) is 21.9. The minimum Gasteiger partial charge on any atom is -0.325 e. The maximum absolute atomic E-state index is 12.6. The van der Waals surface area contributed by atoms with Gasteiger partial charge in [-0.15, -0.1) is 11.8 Å². The molecule has 1 aliphatic heterocycles. The average molecular weight is 433 g/mol. The molecule has 156 valence electrons. The van der Waals surface area contributed by atoms with Gasteiger partial charge >= 0.3 is 0 Å². The predicted molar refractivity (Wildman–Crippen MR) is 119 cm³/mol. The molecule has 29 heavy (non-hydrogen) atoms. The summed E-state index contributed by atoms with van der Waals surface area (Å²) in [4.78, 5) is 13.4. The first-order valence-electron chi connectivity index (χ1n) is 10.1. The van der Waals surface area contributed by atoms with E-state index in [9.17, 15) is 13.2 Å². The Bertz CT molecular complexity index is 904. The number of rotatable bonds is 9. The molecule has 0 saturated carbocycles. The van der Waals surface area contributed by atoms with Gasteiger partial charge in [-0.3, -0.25) is 4.79 Å². The van der Waals surface area contributed by atoms with Gasteiger partial charge < -0.3 is 5.32 Å². The molecule has 0 unspecified atom stereocenters. The van der Waals surface area contributed by atoms with E-state index in [1.54, 1.807) is 24.3 Å². The van der Waals surface area contributed by atoms with Gasteiger partial charge in [-0.05, 0) is 67.6 Å². The highest BCUT2D eigenvalue weighted by atomic mass is 32.2. The van der Waals surface area contributed by atoms with Gasteiger partial charge in [-0.2, -0.15) is 4.31 Å². The number of hydrogen-bond acceptors (Lipinski definition) is 4. The van der Waals surface area contributed by atoms with Crippen LogP contribution in [0.5, 0.6) is 0 Å². The highest BCUT2D eigenvalue weighted by Crippen LogP contribution is 2.24. The Morgan fingerprint density at radius 2 is 1.69 bits per heavy atom. The number of nitrogens with zero attached hydrogens (tertiary/aromatic N) is 1. The number of nitrogens with one attached hydrogen (secondary N) is 1. The standard InChI is InChI=1S/C22H28N2O3S2/c1-2-3-6-18-7-9-19(10-8-18)23-22(25)17-28-20-11-13-21(14-12-20)29(26,27)24-15-4-5-16-24/h7-14H,2-6,15-17H2,1H3,(H,23,25). The maximum Gasteiger partial charge on any atom is 0.243 e. The van der Waals surface area contributed by atoms with Crippen molar-refractivity contribution in [1.82, 2.24) is 4.31 Å². The van der Waals surface area contributed by atoms with Crippen LogP contribution in [0.15, 0.2) is 58.3 Å². The summed E-state index contributed by atoms with van der Waals surface area (Å²) in [5.74, 6) is 0.195. The van der Waals surface area contributed by atoms with E-state index in [4.69, 9.17) is 0 Å².